The first-order valence-corrected chi connectivity index (χ1v) is 10.7. The van der Waals surface area contributed by atoms with Gasteiger partial charge in [-0.3, -0.25) is 4.79 Å². The summed E-state index contributed by atoms with van der Waals surface area (Å²) in [5, 5.41) is 14.6. The molecule has 4 rings (SSSR count). The molecule has 1 aromatic heterocycles. The summed E-state index contributed by atoms with van der Waals surface area (Å²) >= 11 is 7.13. The minimum atomic E-state index is -1.16. The number of carbonyl (C=O) groups excluding carboxylic acids is 1. The standard InChI is InChI=1S/C23H17ClFNO4S/c1-2-12-9-14-5-8-16(25)10-18(14)30-20(12)22(27)26-17-11-31-21(19(17)23(28)29)13-3-6-15(24)7-4-13/h3-8,10-11H,2,9H2,1H3,(H,26,27)(H,28,29). The highest BCUT2D eigenvalue weighted by Crippen LogP contribution is 2.38. The van der Waals surface area contributed by atoms with Gasteiger partial charge in [-0.2, -0.15) is 0 Å². The Morgan fingerprint density at radius 1 is 1.23 bits per heavy atom. The molecular weight excluding hydrogens is 441 g/mol. The van der Waals surface area contributed by atoms with E-state index in [9.17, 15) is 19.1 Å². The molecule has 0 bridgehead atoms. The number of amides is 1. The molecule has 0 aliphatic carbocycles. The summed E-state index contributed by atoms with van der Waals surface area (Å²) in [6.07, 6.45) is 1.02. The third-order valence-corrected chi connectivity index (χ3v) is 6.24. The van der Waals surface area contributed by atoms with Gasteiger partial charge in [0, 0.05) is 22.9 Å². The molecule has 1 aliphatic heterocycles. The van der Waals surface area contributed by atoms with Crippen LogP contribution in [0.2, 0.25) is 5.02 Å². The van der Waals surface area contributed by atoms with Gasteiger partial charge in [0.05, 0.1) is 10.6 Å². The molecule has 0 fully saturated rings. The Hall–Kier alpha value is -3.16. The zero-order chi connectivity index (χ0) is 22.1. The minimum absolute atomic E-state index is 0.0124. The molecule has 2 N–H and O–H groups in total. The molecule has 0 atom stereocenters. The molecule has 2 heterocycles. The van der Waals surface area contributed by atoms with Crippen molar-refractivity contribution in [3.8, 4) is 16.2 Å². The molecular formula is C23H17ClFNO4S. The second-order valence-corrected chi connectivity index (χ2v) is 8.25. The van der Waals surface area contributed by atoms with Crippen LogP contribution in [0.4, 0.5) is 10.1 Å². The largest absolute Gasteiger partial charge is 0.478 e. The van der Waals surface area contributed by atoms with Gasteiger partial charge in [0.15, 0.2) is 5.76 Å². The van der Waals surface area contributed by atoms with Gasteiger partial charge in [0.2, 0.25) is 0 Å². The van der Waals surface area contributed by atoms with Crippen LogP contribution >= 0.6 is 22.9 Å². The average molecular weight is 458 g/mol. The monoisotopic (exact) mass is 457 g/mol. The van der Waals surface area contributed by atoms with Crippen LogP contribution in [0.5, 0.6) is 5.75 Å². The van der Waals surface area contributed by atoms with E-state index in [0.717, 1.165) is 11.1 Å². The SMILES string of the molecule is CCC1=C(C(=O)Nc2csc(-c3ccc(Cl)cc3)c2C(=O)O)Oc2cc(F)ccc2C1. The number of carboxylic acids is 1. The van der Waals surface area contributed by atoms with E-state index in [-0.39, 0.29) is 22.8 Å². The number of anilines is 1. The quantitative estimate of drug-likeness (QED) is 0.482. The number of benzene rings is 2. The minimum Gasteiger partial charge on any atom is -0.478 e. The number of halogens is 2. The maximum atomic E-state index is 13.6. The molecule has 0 spiro atoms. The normalized spacial score (nSPS) is 12.9. The van der Waals surface area contributed by atoms with E-state index in [0.29, 0.717) is 28.3 Å². The first kappa shape index (κ1) is 21.1. The van der Waals surface area contributed by atoms with Gasteiger partial charge in [-0.25, -0.2) is 9.18 Å². The number of allylic oxidation sites excluding steroid dienone is 1. The smallest absolute Gasteiger partial charge is 0.339 e. The second kappa shape index (κ2) is 8.53. The van der Waals surface area contributed by atoms with Crippen molar-refractivity contribution in [2.45, 2.75) is 19.8 Å². The molecule has 2 aromatic carbocycles. The van der Waals surface area contributed by atoms with Crippen LogP contribution in [-0.2, 0) is 11.2 Å². The van der Waals surface area contributed by atoms with E-state index in [1.807, 2.05) is 6.92 Å². The third-order valence-electron chi connectivity index (χ3n) is 4.96. The number of hydrogen-bond acceptors (Lipinski definition) is 4. The fraction of sp³-hybridized carbons (Fsp3) is 0.130. The molecule has 3 aromatic rings. The molecule has 0 saturated heterocycles. The van der Waals surface area contributed by atoms with Crippen molar-refractivity contribution in [1.29, 1.82) is 0 Å². The second-order valence-electron chi connectivity index (χ2n) is 6.94. The Morgan fingerprint density at radius 3 is 2.65 bits per heavy atom. The van der Waals surface area contributed by atoms with Crippen molar-refractivity contribution in [3.05, 3.63) is 81.1 Å². The molecule has 1 amide bonds. The van der Waals surface area contributed by atoms with Gasteiger partial charge < -0.3 is 15.2 Å². The van der Waals surface area contributed by atoms with Gasteiger partial charge in [0.25, 0.3) is 5.91 Å². The zero-order valence-corrected chi connectivity index (χ0v) is 17.9. The van der Waals surface area contributed by atoms with E-state index in [2.05, 4.69) is 5.32 Å². The first-order valence-electron chi connectivity index (χ1n) is 9.47. The van der Waals surface area contributed by atoms with Gasteiger partial charge in [-0.15, -0.1) is 11.3 Å². The van der Waals surface area contributed by atoms with E-state index in [1.54, 1.807) is 35.7 Å². The third kappa shape index (κ3) is 4.19. The lowest BCUT2D eigenvalue weighted by molar-refractivity contribution is -0.115. The fourth-order valence-corrected chi connectivity index (χ4v) is 4.53. The number of fused-ring (bicyclic) bond motifs is 1. The van der Waals surface area contributed by atoms with Crippen LogP contribution in [0.25, 0.3) is 10.4 Å². The maximum absolute atomic E-state index is 13.6. The van der Waals surface area contributed by atoms with E-state index >= 15 is 0 Å². The lowest BCUT2D eigenvalue weighted by Crippen LogP contribution is -2.24. The number of aromatic carboxylic acids is 1. The summed E-state index contributed by atoms with van der Waals surface area (Å²) in [5.41, 5.74) is 2.38. The predicted molar refractivity (Wildman–Crippen MR) is 118 cm³/mol. The van der Waals surface area contributed by atoms with E-state index in [4.69, 9.17) is 16.3 Å². The summed E-state index contributed by atoms with van der Waals surface area (Å²) in [7, 11) is 0. The lowest BCUT2D eigenvalue weighted by atomic mass is 9.98. The van der Waals surface area contributed by atoms with Crippen LogP contribution < -0.4 is 10.1 Å². The van der Waals surface area contributed by atoms with Gasteiger partial charge in [0.1, 0.15) is 17.1 Å². The summed E-state index contributed by atoms with van der Waals surface area (Å²) in [6.45, 7) is 1.90. The number of carboxylic acid groups (broad SMARTS) is 1. The van der Waals surface area contributed by atoms with Gasteiger partial charge in [-0.1, -0.05) is 36.7 Å². The fourth-order valence-electron chi connectivity index (χ4n) is 3.41. The van der Waals surface area contributed by atoms with Crippen LogP contribution in [0.1, 0.15) is 29.3 Å². The van der Waals surface area contributed by atoms with E-state index < -0.39 is 17.7 Å². The highest BCUT2D eigenvalue weighted by molar-refractivity contribution is 7.14. The number of carbonyl (C=O) groups is 2. The zero-order valence-electron chi connectivity index (χ0n) is 16.4. The number of thiophene rings is 1. The number of hydrogen-bond donors (Lipinski definition) is 2. The first-order chi connectivity index (χ1) is 14.9. The molecule has 1 aliphatic rings. The van der Waals surface area contributed by atoms with Crippen molar-refractivity contribution in [1.82, 2.24) is 0 Å². The van der Waals surface area contributed by atoms with Gasteiger partial charge in [-0.05, 0) is 41.3 Å². The molecule has 0 radical (unpaired) electrons. The Labute approximate surface area is 186 Å². The molecule has 158 valence electrons. The van der Waals surface area contributed by atoms with Crippen molar-refractivity contribution in [2.75, 3.05) is 5.32 Å². The van der Waals surface area contributed by atoms with Gasteiger partial charge >= 0.3 is 5.97 Å². The Kier molecular flexibility index (Phi) is 5.80. The molecule has 0 unspecified atom stereocenters. The van der Waals surface area contributed by atoms with Crippen LogP contribution in [-0.4, -0.2) is 17.0 Å². The van der Waals surface area contributed by atoms with Crippen molar-refractivity contribution >= 4 is 40.5 Å². The molecule has 0 saturated carbocycles. The Morgan fingerprint density at radius 2 is 1.97 bits per heavy atom. The Bertz CT molecular complexity index is 1220. The van der Waals surface area contributed by atoms with Crippen LogP contribution in [0.3, 0.4) is 0 Å². The highest BCUT2D eigenvalue weighted by atomic mass is 35.5. The van der Waals surface area contributed by atoms with Crippen molar-refractivity contribution in [2.24, 2.45) is 0 Å². The van der Waals surface area contributed by atoms with E-state index in [1.165, 1.54) is 23.5 Å². The lowest BCUT2D eigenvalue weighted by Gasteiger charge is -2.22. The topological polar surface area (TPSA) is 75.6 Å². The van der Waals surface area contributed by atoms with Crippen molar-refractivity contribution in [3.63, 3.8) is 0 Å². The highest BCUT2D eigenvalue weighted by Gasteiger charge is 2.27. The molecule has 8 heteroatoms. The summed E-state index contributed by atoms with van der Waals surface area (Å²) in [5.74, 6) is -1.85. The average Bonchev–Trinajstić information content (AvgIpc) is 3.17. The number of nitrogens with one attached hydrogen (secondary N) is 1. The predicted octanol–water partition coefficient (Wildman–Crippen LogP) is 6.14. The molecule has 31 heavy (non-hydrogen) atoms. The summed E-state index contributed by atoms with van der Waals surface area (Å²) in [6, 6.07) is 11.0. The molecule has 5 nitrogen and oxygen atoms in total. The summed E-state index contributed by atoms with van der Waals surface area (Å²) < 4.78 is 19.3. The summed E-state index contributed by atoms with van der Waals surface area (Å²) in [4.78, 5) is 25.5. The Balaban J connectivity index is 1.66. The maximum Gasteiger partial charge on any atom is 0.339 e. The van der Waals surface area contributed by atoms with Crippen LogP contribution in [0, 0.1) is 5.82 Å². The van der Waals surface area contributed by atoms with Crippen LogP contribution in [0.15, 0.2) is 59.2 Å². The number of ether oxygens (including phenoxy) is 1. The van der Waals surface area contributed by atoms with Crippen molar-refractivity contribution < 1.29 is 23.8 Å². The number of rotatable bonds is 5.